The molecule has 0 aliphatic heterocycles. The number of para-hydroxylation sites is 1. The molecule has 0 aliphatic carbocycles. The van der Waals surface area contributed by atoms with E-state index in [1.165, 1.54) is 18.2 Å². The van der Waals surface area contributed by atoms with E-state index >= 15 is 0 Å². The highest BCUT2D eigenvalue weighted by atomic mass is 79.9. The number of hydrogen-bond donors (Lipinski definition) is 1. The number of carbonyl (C=O) groups excluding carboxylic acids is 1. The summed E-state index contributed by atoms with van der Waals surface area (Å²) in [5.41, 5.74) is 1.26. The van der Waals surface area contributed by atoms with Crippen molar-refractivity contribution in [1.29, 1.82) is 0 Å². The summed E-state index contributed by atoms with van der Waals surface area (Å²) in [6.45, 7) is 0. The summed E-state index contributed by atoms with van der Waals surface area (Å²) in [5, 5.41) is 14.6. The van der Waals surface area contributed by atoms with Crippen molar-refractivity contribution in [3.05, 3.63) is 74.9 Å². The number of benzene rings is 2. The summed E-state index contributed by atoms with van der Waals surface area (Å²) >= 11 is 3.10. The third-order valence-electron chi connectivity index (χ3n) is 3.29. The topological polar surface area (TPSA) is 85.1 Å². The Morgan fingerprint density at radius 3 is 2.74 bits per heavy atom. The van der Waals surface area contributed by atoms with Crippen LogP contribution in [-0.2, 0) is 0 Å². The molecular formula is C16H10BrN3O3. The first-order chi connectivity index (χ1) is 11.1. The monoisotopic (exact) mass is 371 g/mol. The largest absolute Gasteiger partial charge is 0.320 e. The molecule has 1 aromatic heterocycles. The molecule has 7 heteroatoms. The minimum atomic E-state index is -0.541. The molecule has 1 N–H and O–H groups in total. The number of fused-ring (bicyclic) bond motifs is 1. The van der Waals surface area contributed by atoms with Crippen molar-refractivity contribution in [3.8, 4) is 0 Å². The van der Waals surface area contributed by atoms with E-state index in [4.69, 9.17) is 0 Å². The van der Waals surface area contributed by atoms with Crippen LogP contribution in [0.5, 0.6) is 0 Å². The second-order valence-corrected chi connectivity index (χ2v) is 5.61. The maximum Gasteiger partial charge on any atom is 0.284 e. The number of nitro benzene ring substituents is 1. The standard InChI is InChI=1S/C16H10BrN3O3/c17-12-7-6-11(9-14(12)20(22)23)16(21)19-13-5-1-3-10-4-2-8-18-15(10)13/h1-9H,(H,19,21). The number of halogens is 1. The molecular weight excluding hydrogens is 362 g/mol. The maximum atomic E-state index is 12.4. The molecule has 1 heterocycles. The van der Waals surface area contributed by atoms with Crippen LogP contribution in [0.1, 0.15) is 10.4 Å². The molecule has 0 saturated heterocycles. The van der Waals surface area contributed by atoms with Crippen LogP contribution in [0, 0.1) is 10.1 Å². The number of rotatable bonds is 3. The zero-order valence-corrected chi connectivity index (χ0v) is 13.3. The van der Waals surface area contributed by atoms with Crippen LogP contribution in [0.2, 0.25) is 0 Å². The van der Waals surface area contributed by atoms with Crippen LogP contribution in [0.4, 0.5) is 11.4 Å². The highest BCUT2D eigenvalue weighted by molar-refractivity contribution is 9.10. The zero-order chi connectivity index (χ0) is 16.4. The predicted octanol–water partition coefficient (Wildman–Crippen LogP) is 4.16. The average Bonchev–Trinajstić information content (AvgIpc) is 2.55. The third kappa shape index (κ3) is 3.04. The smallest absolute Gasteiger partial charge is 0.284 e. The quantitative estimate of drug-likeness (QED) is 0.553. The van der Waals surface area contributed by atoms with E-state index in [1.54, 1.807) is 12.3 Å². The number of nitro groups is 1. The van der Waals surface area contributed by atoms with E-state index in [1.807, 2.05) is 24.3 Å². The number of pyridine rings is 1. The number of carbonyl (C=O) groups is 1. The van der Waals surface area contributed by atoms with Gasteiger partial charge in [0.1, 0.15) is 0 Å². The first kappa shape index (κ1) is 15.1. The first-order valence-electron chi connectivity index (χ1n) is 6.65. The van der Waals surface area contributed by atoms with E-state index < -0.39 is 10.8 Å². The Hall–Kier alpha value is -2.80. The van der Waals surface area contributed by atoms with Gasteiger partial charge in [-0.15, -0.1) is 0 Å². The van der Waals surface area contributed by atoms with Crippen molar-refractivity contribution >= 4 is 44.1 Å². The molecule has 0 spiro atoms. The molecule has 0 bridgehead atoms. The van der Waals surface area contributed by atoms with Crippen molar-refractivity contribution in [1.82, 2.24) is 4.98 Å². The summed E-state index contributed by atoms with van der Waals surface area (Å²) in [6.07, 6.45) is 1.64. The van der Waals surface area contributed by atoms with Gasteiger partial charge in [0.2, 0.25) is 0 Å². The number of anilines is 1. The van der Waals surface area contributed by atoms with E-state index in [-0.39, 0.29) is 11.3 Å². The number of nitrogens with zero attached hydrogens (tertiary/aromatic N) is 2. The van der Waals surface area contributed by atoms with Crippen molar-refractivity contribution in [2.75, 3.05) is 5.32 Å². The Bertz CT molecular complexity index is 922. The molecule has 0 saturated carbocycles. The lowest BCUT2D eigenvalue weighted by Gasteiger charge is -2.08. The van der Waals surface area contributed by atoms with Gasteiger partial charge in [-0.05, 0) is 40.2 Å². The molecule has 6 nitrogen and oxygen atoms in total. The molecule has 0 radical (unpaired) electrons. The van der Waals surface area contributed by atoms with Gasteiger partial charge < -0.3 is 5.32 Å². The van der Waals surface area contributed by atoms with Gasteiger partial charge in [-0.2, -0.15) is 0 Å². The fourth-order valence-corrected chi connectivity index (χ4v) is 2.58. The van der Waals surface area contributed by atoms with Gasteiger partial charge in [0.25, 0.3) is 11.6 Å². The second kappa shape index (κ2) is 6.13. The summed E-state index contributed by atoms with van der Waals surface area (Å²) in [5.74, 6) is -0.432. The number of amides is 1. The second-order valence-electron chi connectivity index (χ2n) is 4.76. The van der Waals surface area contributed by atoms with Crippen molar-refractivity contribution in [2.45, 2.75) is 0 Å². The highest BCUT2D eigenvalue weighted by Gasteiger charge is 2.16. The van der Waals surface area contributed by atoms with Gasteiger partial charge in [-0.3, -0.25) is 19.9 Å². The van der Waals surface area contributed by atoms with Crippen LogP contribution < -0.4 is 5.32 Å². The minimum absolute atomic E-state index is 0.159. The molecule has 23 heavy (non-hydrogen) atoms. The molecule has 0 fully saturated rings. The lowest BCUT2D eigenvalue weighted by molar-refractivity contribution is -0.385. The molecule has 3 aromatic rings. The molecule has 1 amide bonds. The number of aromatic nitrogens is 1. The molecule has 3 rings (SSSR count). The van der Waals surface area contributed by atoms with Crippen LogP contribution >= 0.6 is 15.9 Å². The zero-order valence-electron chi connectivity index (χ0n) is 11.7. The van der Waals surface area contributed by atoms with Crippen molar-refractivity contribution < 1.29 is 9.72 Å². The van der Waals surface area contributed by atoms with E-state index in [0.717, 1.165) is 5.39 Å². The lowest BCUT2D eigenvalue weighted by atomic mass is 10.1. The predicted molar refractivity (Wildman–Crippen MR) is 90.5 cm³/mol. The van der Waals surface area contributed by atoms with Crippen LogP contribution in [0.25, 0.3) is 10.9 Å². The summed E-state index contributed by atoms with van der Waals surface area (Å²) in [6, 6.07) is 13.4. The summed E-state index contributed by atoms with van der Waals surface area (Å²) in [4.78, 5) is 27.0. The number of hydrogen-bond acceptors (Lipinski definition) is 4. The lowest BCUT2D eigenvalue weighted by Crippen LogP contribution is -2.12. The fourth-order valence-electron chi connectivity index (χ4n) is 2.19. The van der Waals surface area contributed by atoms with E-state index in [9.17, 15) is 14.9 Å². The molecule has 0 atom stereocenters. The van der Waals surface area contributed by atoms with Gasteiger partial charge in [-0.1, -0.05) is 18.2 Å². The van der Waals surface area contributed by atoms with Crippen molar-refractivity contribution in [2.24, 2.45) is 0 Å². The van der Waals surface area contributed by atoms with Gasteiger partial charge >= 0.3 is 0 Å². The Balaban J connectivity index is 1.95. The Labute approximate surface area is 139 Å². The molecule has 0 aliphatic rings. The van der Waals surface area contributed by atoms with Gasteiger partial charge in [0.15, 0.2) is 0 Å². The Kier molecular flexibility index (Phi) is 4.03. The molecule has 114 valence electrons. The Morgan fingerprint density at radius 2 is 1.96 bits per heavy atom. The normalized spacial score (nSPS) is 10.5. The third-order valence-corrected chi connectivity index (χ3v) is 3.96. The van der Waals surface area contributed by atoms with Crippen LogP contribution in [0.15, 0.2) is 59.2 Å². The van der Waals surface area contributed by atoms with Crippen LogP contribution in [0.3, 0.4) is 0 Å². The van der Waals surface area contributed by atoms with Gasteiger partial charge in [-0.25, -0.2) is 0 Å². The van der Waals surface area contributed by atoms with Gasteiger partial charge in [0, 0.05) is 23.2 Å². The SMILES string of the molecule is O=C(Nc1cccc2cccnc12)c1ccc(Br)c([N+](=O)[O-])c1. The fraction of sp³-hybridized carbons (Fsp3) is 0. The highest BCUT2D eigenvalue weighted by Crippen LogP contribution is 2.27. The van der Waals surface area contributed by atoms with Crippen molar-refractivity contribution in [3.63, 3.8) is 0 Å². The number of nitrogens with one attached hydrogen (secondary N) is 1. The maximum absolute atomic E-state index is 12.4. The summed E-state index contributed by atoms with van der Waals surface area (Å²) < 4.78 is 0.325. The van der Waals surface area contributed by atoms with Crippen LogP contribution in [-0.4, -0.2) is 15.8 Å². The van der Waals surface area contributed by atoms with E-state index in [2.05, 4.69) is 26.2 Å². The first-order valence-corrected chi connectivity index (χ1v) is 7.44. The molecule has 2 aromatic carbocycles. The average molecular weight is 372 g/mol. The molecule has 0 unspecified atom stereocenters. The van der Waals surface area contributed by atoms with Gasteiger partial charge in [0.05, 0.1) is 20.6 Å². The van der Waals surface area contributed by atoms with E-state index in [0.29, 0.717) is 15.7 Å². The minimum Gasteiger partial charge on any atom is -0.320 e. The summed E-state index contributed by atoms with van der Waals surface area (Å²) in [7, 11) is 0. The Morgan fingerprint density at radius 1 is 1.17 bits per heavy atom.